The number of fused-ring (bicyclic) bond motifs is 1. The number of nitrogens with zero attached hydrogens (tertiary/aromatic N) is 2. The summed E-state index contributed by atoms with van der Waals surface area (Å²) in [5, 5.41) is 16.9. The van der Waals surface area contributed by atoms with E-state index in [1.165, 1.54) is 11.1 Å². The largest absolute Gasteiger partial charge is 0.480 e. The van der Waals surface area contributed by atoms with Crippen molar-refractivity contribution in [3.8, 4) is 0 Å². The Morgan fingerprint density at radius 2 is 2.00 bits per heavy atom. The highest BCUT2D eigenvalue weighted by Crippen LogP contribution is 2.38. The molecule has 6 heteroatoms. The van der Waals surface area contributed by atoms with E-state index in [2.05, 4.69) is 10.4 Å². The van der Waals surface area contributed by atoms with Gasteiger partial charge in [-0.05, 0) is 48.6 Å². The summed E-state index contributed by atoms with van der Waals surface area (Å²) in [7, 11) is 0. The Labute approximate surface area is 150 Å². The highest BCUT2D eigenvalue weighted by Gasteiger charge is 2.24. The van der Waals surface area contributed by atoms with Crippen LogP contribution in [0.5, 0.6) is 0 Å². The van der Waals surface area contributed by atoms with Crippen molar-refractivity contribution < 1.29 is 14.7 Å². The van der Waals surface area contributed by atoms with Crippen LogP contribution in [0.1, 0.15) is 41.1 Å². The van der Waals surface area contributed by atoms with Gasteiger partial charge in [0.2, 0.25) is 0 Å². The number of hydrogen-bond acceptors (Lipinski definition) is 3. The molecule has 4 rings (SSSR count). The first kappa shape index (κ1) is 16.3. The van der Waals surface area contributed by atoms with Crippen LogP contribution in [-0.4, -0.2) is 26.8 Å². The maximum atomic E-state index is 12.8. The summed E-state index contributed by atoms with van der Waals surface area (Å²) in [6.45, 7) is -0.217. The molecule has 0 atom stereocenters. The highest BCUT2D eigenvalue weighted by molar-refractivity contribution is 6.06. The summed E-state index contributed by atoms with van der Waals surface area (Å²) in [5.41, 5.74) is 3.11. The van der Waals surface area contributed by atoms with Crippen LogP contribution >= 0.6 is 0 Å². The third-order valence-electron chi connectivity index (χ3n) is 4.94. The number of aromatic nitrogens is 2. The van der Waals surface area contributed by atoms with Crippen LogP contribution in [0.25, 0.3) is 10.9 Å². The van der Waals surface area contributed by atoms with Gasteiger partial charge in [0.15, 0.2) is 0 Å². The van der Waals surface area contributed by atoms with Crippen molar-refractivity contribution in [2.75, 3.05) is 5.32 Å². The Morgan fingerprint density at radius 3 is 2.73 bits per heavy atom. The zero-order valence-electron chi connectivity index (χ0n) is 14.2. The first-order valence-electron chi connectivity index (χ1n) is 8.69. The van der Waals surface area contributed by atoms with Gasteiger partial charge in [0, 0.05) is 16.6 Å². The molecule has 0 spiro atoms. The minimum atomic E-state index is -0.959. The third-order valence-corrected chi connectivity index (χ3v) is 4.94. The summed E-state index contributed by atoms with van der Waals surface area (Å²) in [5.74, 6) is -0.633. The van der Waals surface area contributed by atoms with E-state index in [-0.39, 0.29) is 12.5 Å². The van der Waals surface area contributed by atoms with Gasteiger partial charge in [-0.25, -0.2) is 0 Å². The van der Waals surface area contributed by atoms with E-state index >= 15 is 0 Å². The van der Waals surface area contributed by atoms with Crippen LogP contribution in [0, 0.1) is 0 Å². The summed E-state index contributed by atoms with van der Waals surface area (Å²) in [4.78, 5) is 23.8. The second kappa shape index (κ2) is 6.63. The molecule has 3 aromatic rings. The number of anilines is 1. The number of benzene rings is 2. The number of carboxylic acids is 1. The summed E-state index contributed by atoms with van der Waals surface area (Å²) < 4.78 is 1.41. The fraction of sp³-hybridized carbons (Fsp3) is 0.250. The van der Waals surface area contributed by atoms with Gasteiger partial charge in [-0.3, -0.25) is 14.3 Å². The maximum Gasteiger partial charge on any atom is 0.325 e. The number of carboxylic acid groups (broad SMARTS) is 1. The summed E-state index contributed by atoms with van der Waals surface area (Å²) in [6, 6.07) is 13.1. The van der Waals surface area contributed by atoms with Gasteiger partial charge >= 0.3 is 5.97 Å². The van der Waals surface area contributed by atoms with E-state index in [4.69, 9.17) is 5.11 Å². The monoisotopic (exact) mass is 349 g/mol. The molecule has 0 aliphatic heterocycles. The number of hydrogen-bond donors (Lipinski definition) is 2. The number of rotatable bonds is 5. The van der Waals surface area contributed by atoms with Crippen LogP contribution in [0.3, 0.4) is 0 Å². The molecular formula is C20H19N3O3. The molecule has 6 nitrogen and oxygen atoms in total. The average molecular weight is 349 g/mol. The van der Waals surface area contributed by atoms with E-state index in [1.807, 2.05) is 30.3 Å². The van der Waals surface area contributed by atoms with Crippen LogP contribution in [0.4, 0.5) is 5.69 Å². The Bertz CT molecular complexity index is 989. The SMILES string of the molecule is O=C(O)Cn1ncc2ccc(NC(=O)c3ccccc3C3CCC3)cc21. The lowest BCUT2D eigenvalue weighted by molar-refractivity contribution is -0.137. The van der Waals surface area contributed by atoms with Crippen LogP contribution in [-0.2, 0) is 11.3 Å². The van der Waals surface area contributed by atoms with Gasteiger partial charge in [0.1, 0.15) is 6.54 Å². The van der Waals surface area contributed by atoms with Crippen LogP contribution < -0.4 is 5.32 Å². The fourth-order valence-electron chi connectivity index (χ4n) is 3.38. The Hall–Kier alpha value is -3.15. The second-order valence-electron chi connectivity index (χ2n) is 6.64. The van der Waals surface area contributed by atoms with Gasteiger partial charge in [-0.15, -0.1) is 0 Å². The van der Waals surface area contributed by atoms with E-state index in [0.717, 1.165) is 23.8 Å². The lowest BCUT2D eigenvalue weighted by atomic mass is 9.78. The molecule has 1 fully saturated rings. The van der Waals surface area contributed by atoms with Gasteiger partial charge in [-0.2, -0.15) is 5.10 Å². The molecule has 2 aromatic carbocycles. The molecule has 0 radical (unpaired) electrons. The molecule has 1 aromatic heterocycles. The Morgan fingerprint density at radius 1 is 1.19 bits per heavy atom. The third kappa shape index (κ3) is 3.06. The molecular weight excluding hydrogens is 330 g/mol. The molecule has 0 bridgehead atoms. The van der Waals surface area contributed by atoms with Crippen LogP contribution in [0.15, 0.2) is 48.7 Å². The molecule has 1 heterocycles. The molecule has 132 valence electrons. The molecule has 0 saturated heterocycles. The topological polar surface area (TPSA) is 84.2 Å². The van der Waals surface area contributed by atoms with Gasteiger partial charge in [0.05, 0.1) is 11.7 Å². The van der Waals surface area contributed by atoms with E-state index < -0.39 is 5.97 Å². The van der Waals surface area contributed by atoms with Crippen LogP contribution in [0.2, 0.25) is 0 Å². The average Bonchev–Trinajstić information content (AvgIpc) is 2.95. The number of carbonyl (C=O) groups excluding carboxylic acids is 1. The predicted molar refractivity (Wildman–Crippen MR) is 98.4 cm³/mol. The maximum absolute atomic E-state index is 12.8. The van der Waals surface area contributed by atoms with Crippen molar-refractivity contribution in [2.45, 2.75) is 31.7 Å². The number of carbonyl (C=O) groups is 2. The zero-order valence-corrected chi connectivity index (χ0v) is 14.2. The summed E-state index contributed by atoms with van der Waals surface area (Å²) >= 11 is 0. The lowest BCUT2D eigenvalue weighted by Crippen LogP contribution is -2.18. The smallest absolute Gasteiger partial charge is 0.325 e. The van der Waals surface area contributed by atoms with Gasteiger partial charge < -0.3 is 10.4 Å². The number of nitrogens with one attached hydrogen (secondary N) is 1. The summed E-state index contributed by atoms with van der Waals surface area (Å²) in [6.07, 6.45) is 5.09. The number of amides is 1. The fourth-order valence-corrected chi connectivity index (χ4v) is 3.38. The standard InChI is InChI=1S/C20H19N3O3/c24-19(25)12-23-18-10-15(9-8-14(18)11-21-23)22-20(26)17-7-2-1-6-16(17)13-4-3-5-13/h1-2,6-11,13H,3-5,12H2,(H,22,26)(H,24,25). The van der Waals surface area contributed by atoms with Crippen molar-refractivity contribution in [1.29, 1.82) is 0 Å². The predicted octanol–water partition coefficient (Wildman–Crippen LogP) is 3.64. The van der Waals surface area contributed by atoms with Gasteiger partial charge in [0.25, 0.3) is 5.91 Å². The second-order valence-corrected chi connectivity index (χ2v) is 6.64. The van der Waals surface area contributed by atoms with Crippen molar-refractivity contribution in [1.82, 2.24) is 9.78 Å². The quantitative estimate of drug-likeness (QED) is 0.736. The lowest BCUT2D eigenvalue weighted by Gasteiger charge is -2.27. The van der Waals surface area contributed by atoms with E-state index in [9.17, 15) is 9.59 Å². The molecule has 0 unspecified atom stereocenters. The van der Waals surface area contributed by atoms with E-state index in [0.29, 0.717) is 22.7 Å². The molecule has 1 aliphatic carbocycles. The Kier molecular flexibility index (Phi) is 4.16. The zero-order chi connectivity index (χ0) is 18.1. The molecule has 1 amide bonds. The molecule has 1 saturated carbocycles. The first-order valence-corrected chi connectivity index (χ1v) is 8.69. The van der Waals surface area contributed by atoms with Crippen molar-refractivity contribution >= 4 is 28.5 Å². The van der Waals surface area contributed by atoms with E-state index in [1.54, 1.807) is 18.3 Å². The minimum absolute atomic E-state index is 0.142. The number of aliphatic carboxylic acids is 1. The minimum Gasteiger partial charge on any atom is -0.480 e. The Balaban J connectivity index is 1.61. The van der Waals surface area contributed by atoms with Crippen molar-refractivity contribution in [3.05, 3.63) is 59.8 Å². The van der Waals surface area contributed by atoms with Gasteiger partial charge in [-0.1, -0.05) is 24.6 Å². The molecule has 2 N–H and O–H groups in total. The highest BCUT2D eigenvalue weighted by atomic mass is 16.4. The molecule has 26 heavy (non-hydrogen) atoms. The first-order chi connectivity index (χ1) is 12.6. The van der Waals surface area contributed by atoms with Crippen molar-refractivity contribution in [3.63, 3.8) is 0 Å². The van der Waals surface area contributed by atoms with Crippen molar-refractivity contribution in [2.24, 2.45) is 0 Å². The molecule has 1 aliphatic rings. The normalized spacial score (nSPS) is 14.2.